The number of benzene rings is 3. The molecular formula is C23H22N2O5S. The SMILES string of the molecule is CNS(=O)(=O)c1ccc(/C=C/C(=O)Nc2ccc(Oc3ccccc3OC)cc2)cc1. The Labute approximate surface area is 181 Å². The Morgan fingerprint density at radius 1 is 0.903 bits per heavy atom. The second-order valence-corrected chi connectivity index (χ2v) is 8.26. The molecule has 0 saturated carbocycles. The molecule has 0 saturated heterocycles. The zero-order valence-electron chi connectivity index (χ0n) is 17.0. The Hall–Kier alpha value is -3.62. The van der Waals surface area contributed by atoms with Gasteiger partial charge in [-0.15, -0.1) is 0 Å². The van der Waals surface area contributed by atoms with Crippen molar-refractivity contribution in [3.63, 3.8) is 0 Å². The van der Waals surface area contributed by atoms with Crippen LogP contribution in [-0.4, -0.2) is 28.5 Å². The molecule has 0 aromatic heterocycles. The lowest BCUT2D eigenvalue weighted by Crippen LogP contribution is -2.18. The van der Waals surface area contributed by atoms with Gasteiger partial charge in [-0.25, -0.2) is 13.1 Å². The van der Waals surface area contributed by atoms with E-state index in [1.54, 1.807) is 55.7 Å². The summed E-state index contributed by atoms with van der Waals surface area (Å²) in [5.74, 6) is 1.51. The van der Waals surface area contributed by atoms with Crippen molar-refractivity contribution < 1.29 is 22.7 Å². The van der Waals surface area contributed by atoms with E-state index in [2.05, 4.69) is 10.0 Å². The van der Waals surface area contributed by atoms with Crippen molar-refractivity contribution in [2.75, 3.05) is 19.5 Å². The number of amides is 1. The van der Waals surface area contributed by atoms with Crippen LogP contribution in [0.5, 0.6) is 17.2 Å². The minimum absolute atomic E-state index is 0.159. The third-order valence-corrected chi connectivity index (χ3v) is 5.74. The van der Waals surface area contributed by atoms with Crippen LogP contribution in [0.25, 0.3) is 6.08 Å². The molecule has 2 N–H and O–H groups in total. The van der Waals surface area contributed by atoms with Gasteiger partial charge in [0.05, 0.1) is 12.0 Å². The average Bonchev–Trinajstić information content (AvgIpc) is 2.79. The van der Waals surface area contributed by atoms with E-state index in [0.717, 1.165) is 0 Å². The normalized spacial score (nSPS) is 11.3. The predicted molar refractivity (Wildman–Crippen MR) is 120 cm³/mol. The van der Waals surface area contributed by atoms with Crippen LogP contribution in [0, 0.1) is 0 Å². The van der Waals surface area contributed by atoms with Crippen molar-refractivity contribution in [2.24, 2.45) is 0 Å². The Morgan fingerprint density at radius 3 is 2.16 bits per heavy atom. The van der Waals surface area contributed by atoms with Crippen molar-refractivity contribution in [2.45, 2.75) is 4.90 Å². The number of nitrogens with one attached hydrogen (secondary N) is 2. The summed E-state index contributed by atoms with van der Waals surface area (Å²) >= 11 is 0. The predicted octanol–water partition coefficient (Wildman–Crippen LogP) is 4.05. The highest BCUT2D eigenvalue weighted by molar-refractivity contribution is 7.89. The molecule has 0 fully saturated rings. The van der Waals surface area contributed by atoms with E-state index in [1.165, 1.54) is 25.3 Å². The summed E-state index contributed by atoms with van der Waals surface area (Å²) < 4.78 is 36.8. The van der Waals surface area contributed by atoms with E-state index < -0.39 is 10.0 Å². The van der Waals surface area contributed by atoms with Gasteiger partial charge < -0.3 is 14.8 Å². The molecule has 0 aliphatic rings. The topological polar surface area (TPSA) is 93.7 Å². The average molecular weight is 439 g/mol. The molecular weight excluding hydrogens is 416 g/mol. The number of methoxy groups -OCH3 is 1. The van der Waals surface area contributed by atoms with Gasteiger partial charge in [0.15, 0.2) is 11.5 Å². The smallest absolute Gasteiger partial charge is 0.248 e. The van der Waals surface area contributed by atoms with Crippen molar-refractivity contribution in [1.82, 2.24) is 4.72 Å². The number of rotatable bonds is 8. The third kappa shape index (κ3) is 5.94. The zero-order chi connectivity index (χ0) is 22.3. The van der Waals surface area contributed by atoms with Crippen LogP contribution in [-0.2, 0) is 14.8 Å². The second-order valence-electron chi connectivity index (χ2n) is 6.38. The highest BCUT2D eigenvalue weighted by Gasteiger charge is 2.10. The molecule has 0 aliphatic carbocycles. The highest BCUT2D eigenvalue weighted by Crippen LogP contribution is 2.31. The van der Waals surface area contributed by atoms with Crippen molar-refractivity contribution in [3.05, 3.63) is 84.4 Å². The summed E-state index contributed by atoms with van der Waals surface area (Å²) in [6.07, 6.45) is 2.98. The minimum atomic E-state index is -3.49. The molecule has 0 bridgehead atoms. The number of sulfonamides is 1. The molecule has 0 aliphatic heterocycles. The summed E-state index contributed by atoms with van der Waals surface area (Å²) in [4.78, 5) is 12.3. The molecule has 0 atom stereocenters. The van der Waals surface area contributed by atoms with E-state index in [9.17, 15) is 13.2 Å². The maximum absolute atomic E-state index is 12.2. The van der Waals surface area contributed by atoms with Gasteiger partial charge >= 0.3 is 0 Å². The minimum Gasteiger partial charge on any atom is -0.493 e. The van der Waals surface area contributed by atoms with E-state index in [4.69, 9.17) is 9.47 Å². The monoisotopic (exact) mass is 438 g/mol. The first-order valence-electron chi connectivity index (χ1n) is 9.35. The van der Waals surface area contributed by atoms with Crippen molar-refractivity contribution in [3.8, 4) is 17.2 Å². The number of anilines is 1. The van der Waals surface area contributed by atoms with Gasteiger partial charge in [-0.2, -0.15) is 0 Å². The first kappa shape index (κ1) is 22.1. The summed E-state index contributed by atoms with van der Waals surface area (Å²) in [7, 11) is -0.557. The lowest BCUT2D eigenvalue weighted by molar-refractivity contribution is -0.111. The molecule has 3 aromatic carbocycles. The summed E-state index contributed by atoms with van der Waals surface area (Å²) in [5, 5.41) is 2.76. The fourth-order valence-corrected chi connectivity index (χ4v) is 3.40. The zero-order valence-corrected chi connectivity index (χ0v) is 17.8. The molecule has 3 rings (SSSR count). The Balaban J connectivity index is 1.59. The molecule has 0 radical (unpaired) electrons. The largest absolute Gasteiger partial charge is 0.493 e. The maximum Gasteiger partial charge on any atom is 0.248 e. The molecule has 31 heavy (non-hydrogen) atoms. The number of para-hydroxylation sites is 2. The van der Waals surface area contributed by atoms with Crippen LogP contribution in [0.1, 0.15) is 5.56 Å². The van der Waals surface area contributed by atoms with Crippen molar-refractivity contribution in [1.29, 1.82) is 0 Å². The molecule has 160 valence electrons. The van der Waals surface area contributed by atoms with Gasteiger partial charge in [-0.05, 0) is 67.2 Å². The first-order valence-corrected chi connectivity index (χ1v) is 10.8. The molecule has 1 amide bonds. The molecule has 0 unspecified atom stereocenters. The van der Waals surface area contributed by atoms with Gasteiger partial charge in [-0.1, -0.05) is 24.3 Å². The van der Waals surface area contributed by atoms with Crippen molar-refractivity contribution >= 4 is 27.7 Å². The lowest BCUT2D eigenvalue weighted by Gasteiger charge is -2.10. The quantitative estimate of drug-likeness (QED) is 0.518. The molecule has 3 aromatic rings. The molecule has 0 spiro atoms. The Morgan fingerprint density at radius 2 is 1.55 bits per heavy atom. The van der Waals surface area contributed by atoms with Crippen LogP contribution in [0.2, 0.25) is 0 Å². The van der Waals surface area contributed by atoms with Gasteiger partial charge in [-0.3, -0.25) is 4.79 Å². The molecule has 7 nitrogen and oxygen atoms in total. The number of carbonyl (C=O) groups excluding carboxylic acids is 1. The summed E-state index contributed by atoms with van der Waals surface area (Å²) in [6.45, 7) is 0. The maximum atomic E-state index is 12.2. The lowest BCUT2D eigenvalue weighted by atomic mass is 10.2. The van der Waals surface area contributed by atoms with E-state index >= 15 is 0 Å². The number of hydrogen-bond donors (Lipinski definition) is 2. The van der Waals surface area contributed by atoms with Gasteiger partial charge in [0.1, 0.15) is 5.75 Å². The fraction of sp³-hybridized carbons (Fsp3) is 0.0870. The van der Waals surface area contributed by atoms with E-state index in [1.807, 2.05) is 18.2 Å². The standard InChI is InChI=1S/C23H22N2O5S/c1-24-31(27,28)20-14-7-17(8-15-20)9-16-23(26)25-18-10-12-19(13-11-18)30-22-6-4-3-5-21(22)29-2/h3-16,24H,1-2H3,(H,25,26)/b16-9+. The number of carbonyl (C=O) groups is 1. The van der Waals surface area contributed by atoms with Crippen LogP contribution in [0.15, 0.2) is 83.8 Å². The van der Waals surface area contributed by atoms with Crippen LogP contribution in [0.3, 0.4) is 0 Å². The second kappa shape index (κ2) is 9.92. The van der Waals surface area contributed by atoms with Crippen LogP contribution >= 0.6 is 0 Å². The fourth-order valence-electron chi connectivity index (χ4n) is 2.67. The van der Waals surface area contributed by atoms with Crippen LogP contribution < -0.4 is 19.5 Å². The Bertz CT molecular complexity index is 1170. The highest BCUT2D eigenvalue weighted by atomic mass is 32.2. The third-order valence-electron chi connectivity index (χ3n) is 4.31. The first-order chi connectivity index (χ1) is 14.9. The summed E-state index contributed by atoms with van der Waals surface area (Å²) in [6, 6.07) is 20.5. The van der Waals surface area contributed by atoms with E-state index in [-0.39, 0.29) is 10.8 Å². The summed E-state index contributed by atoms with van der Waals surface area (Å²) in [5.41, 5.74) is 1.31. The number of hydrogen-bond acceptors (Lipinski definition) is 5. The van der Waals surface area contributed by atoms with Gasteiger partial charge in [0.25, 0.3) is 0 Å². The number of ether oxygens (including phenoxy) is 2. The Kier molecular flexibility index (Phi) is 7.07. The molecule has 0 heterocycles. The van der Waals surface area contributed by atoms with E-state index in [0.29, 0.717) is 28.5 Å². The van der Waals surface area contributed by atoms with Crippen LogP contribution in [0.4, 0.5) is 5.69 Å². The molecule has 8 heteroatoms. The van der Waals surface area contributed by atoms with Gasteiger partial charge in [0.2, 0.25) is 15.9 Å². The van der Waals surface area contributed by atoms with Gasteiger partial charge in [0, 0.05) is 11.8 Å².